The highest BCUT2D eigenvalue weighted by atomic mass is 32.2. The number of benzene rings is 1. The zero-order chi connectivity index (χ0) is 18.5. The molecule has 1 aromatic carbocycles. The number of hydrogen-bond acceptors (Lipinski definition) is 3. The van der Waals surface area contributed by atoms with Crippen molar-refractivity contribution < 1.29 is 13.2 Å². The normalized spacial score (nSPS) is 27.8. The van der Waals surface area contributed by atoms with Crippen LogP contribution in [0, 0.1) is 17.8 Å². The number of fused-ring (bicyclic) bond motifs is 3. The summed E-state index contributed by atoms with van der Waals surface area (Å²) in [6, 6.07) is 5.21. The Bertz CT molecular complexity index is 818. The second-order valence-corrected chi connectivity index (χ2v) is 10.5. The van der Waals surface area contributed by atoms with Gasteiger partial charge in [-0.15, -0.1) is 0 Å². The van der Waals surface area contributed by atoms with E-state index in [1.54, 1.807) is 26.2 Å². The SMILES string of the molecule is CN(C)S(=O)(=O)c1ccc2c(c1)CCCN2C(=O)C[C@H]1C[C@H]2CC[C@H]1C2. The molecule has 5 nitrogen and oxygen atoms in total. The molecule has 2 bridgehead atoms. The Morgan fingerprint density at radius 3 is 2.69 bits per heavy atom. The van der Waals surface area contributed by atoms with E-state index in [1.165, 1.54) is 30.0 Å². The summed E-state index contributed by atoms with van der Waals surface area (Å²) in [7, 11) is -0.359. The van der Waals surface area contributed by atoms with Crippen molar-refractivity contribution in [1.29, 1.82) is 0 Å². The Morgan fingerprint density at radius 1 is 1.23 bits per heavy atom. The molecule has 1 aromatic rings. The minimum absolute atomic E-state index is 0.215. The first-order valence-electron chi connectivity index (χ1n) is 9.72. The van der Waals surface area contributed by atoms with Crippen LogP contribution < -0.4 is 4.90 Å². The first-order chi connectivity index (χ1) is 12.4. The Balaban J connectivity index is 1.54. The van der Waals surface area contributed by atoms with Gasteiger partial charge in [0, 0.05) is 32.7 Å². The number of sulfonamides is 1. The van der Waals surface area contributed by atoms with Crippen molar-refractivity contribution in [2.75, 3.05) is 25.5 Å². The second kappa shape index (κ2) is 6.64. The average Bonchev–Trinajstić information content (AvgIpc) is 3.23. The average molecular weight is 377 g/mol. The van der Waals surface area contributed by atoms with E-state index in [1.807, 2.05) is 11.0 Å². The fraction of sp³-hybridized carbons (Fsp3) is 0.650. The quantitative estimate of drug-likeness (QED) is 0.812. The molecule has 142 valence electrons. The van der Waals surface area contributed by atoms with Crippen LogP contribution in [0.1, 0.15) is 44.1 Å². The van der Waals surface area contributed by atoms with Crippen LogP contribution in [0.5, 0.6) is 0 Å². The van der Waals surface area contributed by atoms with E-state index in [4.69, 9.17) is 0 Å². The molecule has 26 heavy (non-hydrogen) atoms. The highest BCUT2D eigenvalue weighted by Gasteiger charge is 2.41. The highest BCUT2D eigenvalue weighted by molar-refractivity contribution is 7.89. The van der Waals surface area contributed by atoms with E-state index in [2.05, 4.69) is 0 Å². The van der Waals surface area contributed by atoms with Crippen molar-refractivity contribution in [2.45, 2.75) is 49.8 Å². The molecule has 4 rings (SSSR count). The molecule has 1 aliphatic heterocycles. The summed E-state index contributed by atoms with van der Waals surface area (Å²) in [6.07, 6.45) is 7.55. The van der Waals surface area contributed by atoms with Crippen LogP contribution in [0.25, 0.3) is 0 Å². The van der Waals surface area contributed by atoms with Crippen LogP contribution in [0.3, 0.4) is 0 Å². The van der Waals surface area contributed by atoms with E-state index in [-0.39, 0.29) is 5.91 Å². The van der Waals surface area contributed by atoms with Crippen molar-refractivity contribution in [1.82, 2.24) is 4.31 Å². The molecule has 0 spiro atoms. The number of anilines is 1. The summed E-state index contributed by atoms with van der Waals surface area (Å²) >= 11 is 0. The van der Waals surface area contributed by atoms with Crippen molar-refractivity contribution >= 4 is 21.6 Å². The summed E-state index contributed by atoms with van der Waals surface area (Å²) < 4.78 is 26.0. The lowest BCUT2D eigenvalue weighted by molar-refractivity contribution is -0.120. The standard InChI is InChI=1S/C20H28N2O3S/c1-21(2)26(24,25)18-7-8-19-16(12-18)4-3-9-22(19)20(23)13-17-11-14-5-6-15(17)10-14/h7-8,12,14-15,17H,3-6,9-11,13H2,1-2H3/t14-,15-,17+/m0/s1. The van der Waals surface area contributed by atoms with Crippen LogP contribution in [0.15, 0.2) is 23.1 Å². The minimum Gasteiger partial charge on any atom is -0.312 e. The zero-order valence-electron chi connectivity index (χ0n) is 15.6. The maximum Gasteiger partial charge on any atom is 0.242 e. The molecule has 0 radical (unpaired) electrons. The zero-order valence-corrected chi connectivity index (χ0v) is 16.5. The molecule has 1 amide bonds. The maximum absolute atomic E-state index is 13.0. The predicted molar refractivity (Wildman–Crippen MR) is 102 cm³/mol. The Hall–Kier alpha value is -1.40. The molecule has 0 unspecified atom stereocenters. The molecule has 1 heterocycles. The van der Waals surface area contributed by atoms with Crippen LogP contribution in [-0.2, 0) is 21.2 Å². The van der Waals surface area contributed by atoms with Crippen molar-refractivity contribution in [3.63, 3.8) is 0 Å². The van der Waals surface area contributed by atoms with E-state index < -0.39 is 10.0 Å². The number of nitrogens with zero attached hydrogens (tertiary/aromatic N) is 2. The lowest BCUT2D eigenvalue weighted by atomic mass is 9.86. The van der Waals surface area contributed by atoms with Gasteiger partial charge in [-0.25, -0.2) is 12.7 Å². The van der Waals surface area contributed by atoms with Crippen molar-refractivity contribution in [3.8, 4) is 0 Å². The van der Waals surface area contributed by atoms with Gasteiger partial charge >= 0.3 is 0 Å². The number of carbonyl (C=O) groups is 1. The third-order valence-electron chi connectivity index (χ3n) is 6.57. The van der Waals surface area contributed by atoms with Gasteiger partial charge in [-0.1, -0.05) is 6.42 Å². The monoisotopic (exact) mass is 376 g/mol. The summed E-state index contributed by atoms with van der Waals surface area (Å²) in [5.41, 5.74) is 1.88. The summed E-state index contributed by atoms with van der Waals surface area (Å²) in [5.74, 6) is 2.37. The lowest BCUT2D eigenvalue weighted by Crippen LogP contribution is -2.37. The lowest BCUT2D eigenvalue weighted by Gasteiger charge is -2.32. The highest BCUT2D eigenvalue weighted by Crippen LogP contribution is 2.49. The molecule has 2 aliphatic carbocycles. The third kappa shape index (κ3) is 3.07. The predicted octanol–water partition coefficient (Wildman–Crippen LogP) is 3.04. The molecule has 6 heteroatoms. The van der Waals surface area contributed by atoms with Crippen LogP contribution in [0.2, 0.25) is 0 Å². The topological polar surface area (TPSA) is 57.7 Å². The Kier molecular flexibility index (Phi) is 4.59. The first-order valence-corrected chi connectivity index (χ1v) is 11.2. The second-order valence-electron chi connectivity index (χ2n) is 8.37. The van der Waals surface area contributed by atoms with Gasteiger partial charge in [0.05, 0.1) is 4.90 Å². The molecule has 2 fully saturated rings. The molecular formula is C20H28N2O3S. The van der Waals surface area contributed by atoms with E-state index >= 15 is 0 Å². The number of carbonyl (C=O) groups excluding carboxylic acids is 1. The summed E-state index contributed by atoms with van der Waals surface area (Å²) in [4.78, 5) is 15.2. The third-order valence-corrected chi connectivity index (χ3v) is 8.38. The fourth-order valence-electron chi connectivity index (χ4n) is 5.16. The van der Waals surface area contributed by atoms with Crippen LogP contribution in [-0.4, -0.2) is 39.3 Å². The molecule has 0 saturated heterocycles. The minimum atomic E-state index is -3.44. The van der Waals surface area contributed by atoms with Crippen LogP contribution >= 0.6 is 0 Å². The van der Waals surface area contributed by atoms with Gasteiger partial charge in [0.2, 0.25) is 15.9 Å². The van der Waals surface area contributed by atoms with Gasteiger partial charge in [-0.05, 0) is 73.6 Å². The van der Waals surface area contributed by atoms with E-state index in [9.17, 15) is 13.2 Å². The van der Waals surface area contributed by atoms with Crippen molar-refractivity contribution in [3.05, 3.63) is 23.8 Å². The van der Waals surface area contributed by atoms with Gasteiger partial charge < -0.3 is 4.90 Å². The number of amides is 1. The number of aryl methyl sites for hydroxylation is 1. The van der Waals surface area contributed by atoms with E-state index in [0.29, 0.717) is 17.2 Å². The first kappa shape index (κ1) is 18.0. The van der Waals surface area contributed by atoms with Gasteiger partial charge in [-0.2, -0.15) is 0 Å². The Labute approximate surface area is 156 Å². The van der Waals surface area contributed by atoms with Gasteiger partial charge in [0.25, 0.3) is 0 Å². The molecule has 0 aromatic heterocycles. The molecular weight excluding hydrogens is 348 g/mol. The van der Waals surface area contributed by atoms with Gasteiger partial charge in [0.15, 0.2) is 0 Å². The number of hydrogen-bond donors (Lipinski definition) is 0. The summed E-state index contributed by atoms with van der Waals surface area (Å²) in [6.45, 7) is 0.742. The number of rotatable bonds is 4. The molecule has 3 aliphatic rings. The summed E-state index contributed by atoms with van der Waals surface area (Å²) in [5, 5.41) is 0. The largest absolute Gasteiger partial charge is 0.312 e. The molecule has 0 N–H and O–H groups in total. The van der Waals surface area contributed by atoms with E-state index in [0.717, 1.165) is 42.5 Å². The van der Waals surface area contributed by atoms with Gasteiger partial charge in [-0.3, -0.25) is 4.79 Å². The fourth-order valence-corrected chi connectivity index (χ4v) is 6.12. The van der Waals surface area contributed by atoms with Gasteiger partial charge in [0.1, 0.15) is 0 Å². The maximum atomic E-state index is 13.0. The smallest absolute Gasteiger partial charge is 0.242 e. The molecule has 2 saturated carbocycles. The van der Waals surface area contributed by atoms with Crippen molar-refractivity contribution in [2.24, 2.45) is 17.8 Å². The van der Waals surface area contributed by atoms with Crippen LogP contribution in [0.4, 0.5) is 5.69 Å². The molecule has 3 atom stereocenters. The Morgan fingerprint density at radius 2 is 2.04 bits per heavy atom.